The van der Waals surface area contributed by atoms with Crippen molar-refractivity contribution < 1.29 is 13.8 Å². The van der Waals surface area contributed by atoms with Crippen molar-refractivity contribution in [2.45, 2.75) is 51.1 Å². The summed E-state index contributed by atoms with van der Waals surface area (Å²) in [5.74, 6) is 0.379. The summed E-state index contributed by atoms with van der Waals surface area (Å²) in [4.78, 5) is 32.2. The fourth-order valence-corrected chi connectivity index (χ4v) is 6.11. The molecule has 0 saturated heterocycles. The fourth-order valence-electron chi connectivity index (χ4n) is 4.12. The predicted molar refractivity (Wildman–Crippen MR) is 119 cm³/mol. The molecule has 2 aliphatic rings. The first-order valence-corrected chi connectivity index (χ1v) is 12.8. The summed E-state index contributed by atoms with van der Waals surface area (Å²) in [5, 5.41) is 3.20. The zero-order valence-electron chi connectivity index (χ0n) is 17.6. The number of nitrogens with one attached hydrogen (secondary N) is 2. The molecule has 4 rings (SSSR count). The van der Waals surface area contributed by atoms with E-state index in [1.807, 2.05) is 13.0 Å². The molecule has 160 valence electrons. The molecule has 0 spiro atoms. The molecule has 0 unspecified atom stereocenters. The first kappa shape index (κ1) is 21.1. The quantitative estimate of drug-likeness (QED) is 0.725. The van der Waals surface area contributed by atoms with E-state index in [0.29, 0.717) is 40.6 Å². The largest absolute Gasteiger partial charge is 0.302 e. The Morgan fingerprint density at radius 2 is 2.07 bits per heavy atom. The average molecular weight is 447 g/mol. The van der Waals surface area contributed by atoms with Gasteiger partial charge in [0.25, 0.3) is 0 Å². The van der Waals surface area contributed by atoms with Crippen molar-refractivity contribution in [2.24, 2.45) is 5.92 Å². The number of fused-ring (bicyclic) bond motifs is 1. The molecule has 9 heteroatoms. The van der Waals surface area contributed by atoms with Crippen molar-refractivity contribution in [3.8, 4) is 10.4 Å². The minimum atomic E-state index is -3.10. The number of amides is 1. The van der Waals surface area contributed by atoms with Gasteiger partial charge in [-0.25, -0.2) is 14.0 Å². The second-order valence-electron chi connectivity index (χ2n) is 8.37. The molecule has 1 aromatic heterocycles. The summed E-state index contributed by atoms with van der Waals surface area (Å²) in [6.07, 6.45) is 3.76. The van der Waals surface area contributed by atoms with Crippen LogP contribution in [0.15, 0.2) is 17.0 Å². The molecule has 1 aliphatic heterocycles. The molecule has 1 aromatic carbocycles. The van der Waals surface area contributed by atoms with Crippen LogP contribution in [0.25, 0.3) is 10.4 Å². The van der Waals surface area contributed by atoms with Crippen molar-refractivity contribution in [1.29, 1.82) is 4.78 Å². The minimum absolute atomic E-state index is 0.0629. The molecule has 2 heterocycles. The van der Waals surface area contributed by atoms with Crippen LogP contribution in [0.2, 0.25) is 0 Å². The van der Waals surface area contributed by atoms with Crippen LogP contribution in [0.1, 0.15) is 48.3 Å². The number of hydrogen-bond donors (Lipinski definition) is 2. The third-order valence-corrected chi connectivity index (χ3v) is 8.11. The van der Waals surface area contributed by atoms with E-state index in [4.69, 9.17) is 4.78 Å². The summed E-state index contributed by atoms with van der Waals surface area (Å²) >= 11 is 1.34. The highest BCUT2D eigenvalue weighted by molar-refractivity contribution is 7.91. The molecular weight excluding hydrogens is 420 g/mol. The van der Waals surface area contributed by atoms with Crippen LogP contribution in [0.5, 0.6) is 0 Å². The molecular formula is C21H26N4O3S2. The first-order valence-electron chi connectivity index (χ1n) is 9.98. The van der Waals surface area contributed by atoms with E-state index in [-0.39, 0.29) is 11.7 Å². The van der Waals surface area contributed by atoms with Crippen LogP contribution < -0.4 is 5.32 Å². The van der Waals surface area contributed by atoms with E-state index in [2.05, 4.69) is 22.1 Å². The number of rotatable bonds is 5. The Labute approximate surface area is 180 Å². The maximum absolute atomic E-state index is 13.0. The normalized spacial score (nSPS) is 19.8. The summed E-state index contributed by atoms with van der Waals surface area (Å²) in [6, 6.07) is 3.99. The van der Waals surface area contributed by atoms with Gasteiger partial charge in [0, 0.05) is 31.3 Å². The molecule has 1 amide bonds. The van der Waals surface area contributed by atoms with Gasteiger partial charge in [-0.05, 0) is 55.9 Å². The van der Waals surface area contributed by atoms with Crippen molar-refractivity contribution in [3.05, 3.63) is 29.0 Å². The minimum Gasteiger partial charge on any atom is -0.302 e. The number of ketones is 1. The Kier molecular flexibility index (Phi) is 5.32. The molecule has 0 radical (unpaired) electrons. The lowest BCUT2D eigenvalue weighted by Gasteiger charge is -2.34. The maximum atomic E-state index is 13.0. The third kappa shape index (κ3) is 4.06. The number of thiazole rings is 1. The maximum Gasteiger partial charge on any atom is 0.223 e. The predicted octanol–water partition coefficient (Wildman–Crippen LogP) is 3.91. The van der Waals surface area contributed by atoms with Gasteiger partial charge < -0.3 is 5.32 Å². The summed E-state index contributed by atoms with van der Waals surface area (Å²) in [6.45, 7) is 6.36. The monoisotopic (exact) mass is 446 g/mol. The topological polar surface area (TPSA) is 103 Å². The first-order chi connectivity index (χ1) is 14.0. The van der Waals surface area contributed by atoms with Gasteiger partial charge in [0.1, 0.15) is 0 Å². The number of carbonyl (C=O) groups excluding carboxylic acids is 2. The van der Waals surface area contributed by atoms with Gasteiger partial charge in [-0.1, -0.05) is 11.3 Å². The van der Waals surface area contributed by atoms with Gasteiger partial charge in [-0.2, -0.15) is 0 Å². The van der Waals surface area contributed by atoms with Gasteiger partial charge in [0.05, 0.1) is 31.7 Å². The number of nitrogens with zero attached hydrogens (tertiary/aromatic N) is 2. The number of aromatic nitrogens is 1. The number of benzene rings is 1. The van der Waals surface area contributed by atoms with E-state index in [9.17, 15) is 13.8 Å². The zero-order chi connectivity index (χ0) is 21.8. The summed E-state index contributed by atoms with van der Waals surface area (Å²) in [7, 11) is -3.10. The third-order valence-electron chi connectivity index (χ3n) is 5.82. The Balaban J connectivity index is 1.82. The Bertz CT molecular complexity index is 1150. The number of aryl methyl sites for hydroxylation is 1. The molecule has 30 heavy (non-hydrogen) atoms. The van der Waals surface area contributed by atoms with Gasteiger partial charge in [0.15, 0.2) is 10.9 Å². The SMILES string of the molecule is CC(=O)Nc1nc(C)c(-c2cc3c(c([S@@](C)(=N)=O)c2)C(=O)CN([C@@H](C)C2CC2)C3)s1. The Hall–Kier alpha value is -2.10. The van der Waals surface area contributed by atoms with Gasteiger partial charge >= 0.3 is 0 Å². The van der Waals surface area contributed by atoms with Crippen LogP contribution in [-0.2, 0) is 21.1 Å². The van der Waals surface area contributed by atoms with E-state index in [1.54, 1.807) is 6.07 Å². The molecule has 7 nitrogen and oxygen atoms in total. The smallest absolute Gasteiger partial charge is 0.223 e. The van der Waals surface area contributed by atoms with Crippen molar-refractivity contribution in [1.82, 2.24) is 9.88 Å². The van der Waals surface area contributed by atoms with E-state index < -0.39 is 9.73 Å². The van der Waals surface area contributed by atoms with Crippen LogP contribution in [0, 0.1) is 17.6 Å². The standard InChI is InChI=1S/C21H26N4O3S2/c1-11-20(29-21(23-11)24-13(3)26)15-7-16-9-25(12(2)14-5-6-14)10-17(27)19(16)18(8-15)30(4,22)28/h7-8,12,14,22H,5-6,9-10H2,1-4H3,(H,23,24,26)/t12-,30-/m0/s1. The van der Waals surface area contributed by atoms with E-state index >= 15 is 0 Å². The Morgan fingerprint density at radius 1 is 1.37 bits per heavy atom. The van der Waals surface area contributed by atoms with Crippen molar-refractivity contribution in [2.75, 3.05) is 18.1 Å². The van der Waals surface area contributed by atoms with Crippen molar-refractivity contribution in [3.63, 3.8) is 0 Å². The lowest BCUT2D eigenvalue weighted by atomic mass is 9.94. The highest BCUT2D eigenvalue weighted by atomic mass is 32.2. The van der Waals surface area contributed by atoms with Crippen molar-refractivity contribution >= 4 is 37.9 Å². The fraction of sp³-hybridized carbons (Fsp3) is 0.476. The summed E-state index contributed by atoms with van der Waals surface area (Å²) in [5.41, 5.74) is 2.80. The van der Waals surface area contributed by atoms with E-state index in [1.165, 1.54) is 37.4 Å². The average Bonchev–Trinajstić information content (AvgIpc) is 3.42. The van der Waals surface area contributed by atoms with Crippen LogP contribution in [0.4, 0.5) is 5.13 Å². The molecule has 2 N–H and O–H groups in total. The lowest BCUT2D eigenvalue weighted by molar-refractivity contribution is -0.114. The second-order valence-corrected chi connectivity index (χ2v) is 11.5. The highest BCUT2D eigenvalue weighted by Crippen LogP contribution is 2.40. The number of Topliss-reactive ketones (excluding diaryl/α,β-unsaturated/α-hetero) is 1. The number of anilines is 1. The highest BCUT2D eigenvalue weighted by Gasteiger charge is 2.37. The van der Waals surface area contributed by atoms with Crippen LogP contribution >= 0.6 is 11.3 Å². The van der Waals surface area contributed by atoms with Crippen LogP contribution in [0.3, 0.4) is 0 Å². The van der Waals surface area contributed by atoms with Crippen LogP contribution in [-0.4, -0.2) is 44.6 Å². The molecule has 2 aromatic rings. The zero-order valence-corrected chi connectivity index (χ0v) is 19.2. The molecule has 1 aliphatic carbocycles. The molecule has 0 bridgehead atoms. The van der Waals surface area contributed by atoms with Gasteiger partial charge in [0.2, 0.25) is 5.91 Å². The summed E-state index contributed by atoms with van der Waals surface area (Å²) < 4.78 is 21.0. The lowest BCUT2D eigenvalue weighted by Crippen LogP contribution is -2.42. The van der Waals surface area contributed by atoms with E-state index in [0.717, 1.165) is 21.7 Å². The van der Waals surface area contributed by atoms with Gasteiger partial charge in [-0.15, -0.1) is 0 Å². The second kappa shape index (κ2) is 7.55. The Morgan fingerprint density at radius 3 is 2.67 bits per heavy atom. The molecule has 2 atom stereocenters. The number of hydrogen-bond acceptors (Lipinski definition) is 7. The molecule has 1 fully saturated rings. The molecule has 1 saturated carbocycles. The number of carbonyl (C=O) groups is 2. The van der Waals surface area contributed by atoms with Gasteiger partial charge in [-0.3, -0.25) is 14.5 Å².